The van der Waals surface area contributed by atoms with Crippen molar-refractivity contribution in [2.45, 2.75) is 32.9 Å². The number of carbonyl (C=O) groups excluding carboxylic acids is 2. The van der Waals surface area contributed by atoms with Gasteiger partial charge in [0.15, 0.2) is 6.10 Å². The Labute approximate surface area is 136 Å². The fourth-order valence-electron chi connectivity index (χ4n) is 2.59. The van der Waals surface area contributed by atoms with Gasteiger partial charge in [-0.15, -0.1) is 0 Å². The highest BCUT2D eigenvalue weighted by Crippen LogP contribution is 2.31. The van der Waals surface area contributed by atoms with Crippen LogP contribution in [0.2, 0.25) is 0 Å². The van der Waals surface area contributed by atoms with Crippen LogP contribution in [0.3, 0.4) is 0 Å². The molecule has 0 bridgehead atoms. The zero-order chi connectivity index (χ0) is 17.0. The van der Waals surface area contributed by atoms with Gasteiger partial charge in [0.05, 0.1) is 14.2 Å². The van der Waals surface area contributed by atoms with Crippen LogP contribution >= 0.6 is 0 Å². The van der Waals surface area contributed by atoms with Crippen LogP contribution in [0.25, 0.3) is 0 Å². The summed E-state index contributed by atoms with van der Waals surface area (Å²) < 4.78 is 15.4. The minimum absolute atomic E-state index is 0.129. The predicted molar refractivity (Wildman–Crippen MR) is 84.2 cm³/mol. The molecule has 23 heavy (non-hydrogen) atoms. The molecule has 6 nitrogen and oxygen atoms in total. The number of esters is 1. The number of benzene rings is 1. The van der Waals surface area contributed by atoms with E-state index >= 15 is 0 Å². The van der Waals surface area contributed by atoms with Crippen molar-refractivity contribution in [2.24, 2.45) is 11.8 Å². The van der Waals surface area contributed by atoms with Gasteiger partial charge in [-0.05, 0) is 23.6 Å². The SMILES string of the molecule is CC[C@H](C)[C@@H]1C(=O)O[C@H]1C(=O)NCc1cc(OC)cc(OC)c1. The van der Waals surface area contributed by atoms with Crippen molar-refractivity contribution in [1.29, 1.82) is 0 Å². The average Bonchev–Trinajstić information content (AvgIpc) is 2.56. The van der Waals surface area contributed by atoms with Gasteiger partial charge < -0.3 is 19.5 Å². The first kappa shape index (κ1) is 17.1. The van der Waals surface area contributed by atoms with Crippen LogP contribution in [-0.2, 0) is 20.9 Å². The summed E-state index contributed by atoms with van der Waals surface area (Å²) >= 11 is 0. The maximum absolute atomic E-state index is 12.2. The van der Waals surface area contributed by atoms with E-state index < -0.39 is 6.10 Å². The monoisotopic (exact) mass is 321 g/mol. The van der Waals surface area contributed by atoms with E-state index in [4.69, 9.17) is 14.2 Å². The average molecular weight is 321 g/mol. The molecule has 1 N–H and O–H groups in total. The second-order valence-corrected chi connectivity index (χ2v) is 5.71. The first-order valence-electron chi connectivity index (χ1n) is 7.70. The Morgan fingerprint density at radius 1 is 1.26 bits per heavy atom. The zero-order valence-electron chi connectivity index (χ0n) is 13.9. The predicted octanol–water partition coefficient (Wildman–Crippen LogP) is 1.91. The molecule has 1 fully saturated rings. The lowest BCUT2D eigenvalue weighted by molar-refractivity contribution is -0.193. The van der Waals surface area contributed by atoms with Crippen molar-refractivity contribution >= 4 is 11.9 Å². The van der Waals surface area contributed by atoms with Crippen LogP contribution in [0.15, 0.2) is 18.2 Å². The largest absolute Gasteiger partial charge is 0.497 e. The van der Waals surface area contributed by atoms with Crippen LogP contribution in [-0.4, -0.2) is 32.2 Å². The molecule has 6 heteroatoms. The summed E-state index contributed by atoms with van der Waals surface area (Å²) in [7, 11) is 3.14. The van der Waals surface area contributed by atoms with Crippen molar-refractivity contribution in [3.8, 4) is 11.5 Å². The normalized spacial score (nSPS) is 21.0. The Hall–Kier alpha value is -2.24. The van der Waals surface area contributed by atoms with Gasteiger partial charge in [-0.3, -0.25) is 9.59 Å². The van der Waals surface area contributed by atoms with E-state index in [1.165, 1.54) is 0 Å². The molecule has 1 aliphatic rings. The van der Waals surface area contributed by atoms with Gasteiger partial charge in [0.2, 0.25) is 0 Å². The van der Waals surface area contributed by atoms with Crippen molar-refractivity contribution in [3.05, 3.63) is 23.8 Å². The lowest BCUT2D eigenvalue weighted by Gasteiger charge is -2.37. The summed E-state index contributed by atoms with van der Waals surface area (Å²) in [5, 5.41) is 2.81. The third-order valence-corrected chi connectivity index (χ3v) is 4.23. The molecule has 1 aromatic carbocycles. The molecule has 1 heterocycles. The zero-order valence-corrected chi connectivity index (χ0v) is 13.9. The Balaban J connectivity index is 1.98. The molecular formula is C17H23NO5. The highest BCUT2D eigenvalue weighted by molar-refractivity contribution is 5.94. The Morgan fingerprint density at radius 2 is 1.87 bits per heavy atom. The number of methoxy groups -OCH3 is 2. The highest BCUT2D eigenvalue weighted by Gasteiger charge is 2.49. The summed E-state index contributed by atoms with van der Waals surface area (Å²) in [5.41, 5.74) is 0.847. The molecule has 1 aromatic rings. The Kier molecular flexibility index (Phi) is 5.47. The standard InChI is InChI=1S/C17H23NO5/c1-5-10(2)14-15(23-17(14)20)16(19)18-9-11-6-12(21-3)8-13(7-11)22-4/h6-8,10,14-15H,5,9H2,1-4H3,(H,18,19)/t10-,14-,15+/m0/s1. The molecule has 126 valence electrons. The summed E-state index contributed by atoms with van der Waals surface area (Å²) in [6.45, 7) is 4.26. The molecule has 1 saturated heterocycles. The lowest BCUT2D eigenvalue weighted by atomic mass is 9.83. The maximum Gasteiger partial charge on any atom is 0.314 e. The molecule has 1 aliphatic heterocycles. The molecule has 2 rings (SSSR count). The number of rotatable bonds is 7. The summed E-state index contributed by atoms with van der Waals surface area (Å²) in [4.78, 5) is 23.8. The lowest BCUT2D eigenvalue weighted by Crippen LogP contribution is -2.56. The van der Waals surface area contributed by atoms with Gasteiger partial charge in [0.1, 0.15) is 17.4 Å². The molecule has 1 amide bonds. The van der Waals surface area contributed by atoms with Crippen molar-refractivity contribution in [2.75, 3.05) is 14.2 Å². The molecule has 0 spiro atoms. The van der Waals surface area contributed by atoms with E-state index in [2.05, 4.69) is 5.32 Å². The molecule has 0 radical (unpaired) electrons. The van der Waals surface area contributed by atoms with E-state index in [0.29, 0.717) is 18.0 Å². The van der Waals surface area contributed by atoms with E-state index in [0.717, 1.165) is 12.0 Å². The Bertz CT molecular complexity index is 564. The van der Waals surface area contributed by atoms with Crippen molar-refractivity contribution in [3.63, 3.8) is 0 Å². The van der Waals surface area contributed by atoms with Gasteiger partial charge in [0, 0.05) is 12.6 Å². The molecular weight excluding hydrogens is 298 g/mol. The topological polar surface area (TPSA) is 73.9 Å². The molecule has 3 atom stereocenters. The molecule has 0 unspecified atom stereocenters. The van der Waals surface area contributed by atoms with Gasteiger partial charge >= 0.3 is 5.97 Å². The van der Waals surface area contributed by atoms with Crippen LogP contribution in [0.5, 0.6) is 11.5 Å². The van der Waals surface area contributed by atoms with E-state index in [9.17, 15) is 9.59 Å². The van der Waals surface area contributed by atoms with E-state index in [1.54, 1.807) is 20.3 Å². The fourth-order valence-corrected chi connectivity index (χ4v) is 2.59. The quantitative estimate of drug-likeness (QED) is 0.777. The molecule has 0 aromatic heterocycles. The van der Waals surface area contributed by atoms with E-state index in [1.807, 2.05) is 26.0 Å². The number of ether oxygens (including phenoxy) is 3. The molecule has 0 saturated carbocycles. The van der Waals surface area contributed by atoms with Gasteiger partial charge in [-0.25, -0.2) is 0 Å². The van der Waals surface area contributed by atoms with E-state index in [-0.39, 0.29) is 23.7 Å². The first-order chi connectivity index (χ1) is 11.0. The number of hydrogen-bond acceptors (Lipinski definition) is 5. The summed E-state index contributed by atoms with van der Waals surface area (Å²) in [6, 6.07) is 5.40. The van der Waals surface area contributed by atoms with Gasteiger partial charge in [0.25, 0.3) is 5.91 Å². The summed E-state index contributed by atoms with van der Waals surface area (Å²) in [5.74, 6) is 0.533. The van der Waals surface area contributed by atoms with Crippen LogP contribution in [0, 0.1) is 11.8 Å². The van der Waals surface area contributed by atoms with Crippen LogP contribution in [0.1, 0.15) is 25.8 Å². The van der Waals surface area contributed by atoms with Gasteiger partial charge in [-0.1, -0.05) is 20.3 Å². The Morgan fingerprint density at radius 3 is 2.35 bits per heavy atom. The third-order valence-electron chi connectivity index (χ3n) is 4.23. The minimum atomic E-state index is -0.690. The fraction of sp³-hybridized carbons (Fsp3) is 0.529. The van der Waals surface area contributed by atoms with Crippen molar-refractivity contribution < 1.29 is 23.8 Å². The maximum atomic E-state index is 12.2. The van der Waals surface area contributed by atoms with Crippen LogP contribution < -0.4 is 14.8 Å². The number of nitrogens with one attached hydrogen (secondary N) is 1. The first-order valence-corrected chi connectivity index (χ1v) is 7.70. The second kappa shape index (κ2) is 7.35. The number of cyclic esters (lactones) is 1. The highest BCUT2D eigenvalue weighted by atomic mass is 16.6. The second-order valence-electron chi connectivity index (χ2n) is 5.71. The third kappa shape index (κ3) is 3.75. The number of carbonyl (C=O) groups is 2. The summed E-state index contributed by atoms with van der Waals surface area (Å²) in [6.07, 6.45) is 0.140. The smallest absolute Gasteiger partial charge is 0.314 e. The minimum Gasteiger partial charge on any atom is -0.497 e. The number of hydrogen-bond donors (Lipinski definition) is 1. The molecule has 0 aliphatic carbocycles. The van der Waals surface area contributed by atoms with Crippen LogP contribution in [0.4, 0.5) is 0 Å². The van der Waals surface area contributed by atoms with Crippen molar-refractivity contribution in [1.82, 2.24) is 5.32 Å². The van der Waals surface area contributed by atoms with Gasteiger partial charge in [-0.2, -0.15) is 0 Å². The number of amides is 1.